The minimum atomic E-state index is -0.922. The average molecular weight is 293 g/mol. The van der Waals surface area contributed by atoms with Gasteiger partial charge in [0.25, 0.3) is 0 Å². The summed E-state index contributed by atoms with van der Waals surface area (Å²) in [6.07, 6.45) is 0.199. The van der Waals surface area contributed by atoms with Crippen LogP contribution < -0.4 is 10.1 Å². The second-order valence-electron chi connectivity index (χ2n) is 5.30. The molecule has 0 spiro atoms. The Bertz CT molecular complexity index is 493. The molecule has 0 aliphatic carbocycles. The van der Waals surface area contributed by atoms with Gasteiger partial charge in [0, 0.05) is 6.04 Å². The van der Waals surface area contributed by atoms with Crippen LogP contribution in [0.25, 0.3) is 0 Å². The topological polar surface area (TPSA) is 75.6 Å². The molecule has 1 amide bonds. The van der Waals surface area contributed by atoms with Crippen molar-refractivity contribution in [1.29, 1.82) is 0 Å². The van der Waals surface area contributed by atoms with E-state index in [-0.39, 0.29) is 18.9 Å². The number of aliphatic carboxylic acids is 1. The Balaban J connectivity index is 2.42. The molecule has 5 nitrogen and oxygen atoms in total. The van der Waals surface area contributed by atoms with Gasteiger partial charge in [-0.1, -0.05) is 18.2 Å². The molecule has 1 aromatic carbocycles. The second kappa shape index (κ2) is 7.67. The smallest absolute Gasteiger partial charge is 0.308 e. The van der Waals surface area contributed by atoms with Crippen LogP contribution in [0, 0.1) is 19.8 Å². The summed E-state index contributed by atoms with van der Waals surface area (Å²) in [5.41, 5.74) is 2.06. The van der Waals surface area contributed by atoms with Crippen LogP contribution in [-0.2, 0) is 9.59 Å². The fourth-order valence-electron chi connectivity index (χ4n) is 1.94. The van der Waals surface area contributed by atoms with Gasteiger partial charge in [0.2, 0.25) is 5.91 Å². The molecule has 116 valence electrons. The van der Waals surface area contributed by atoms with Gasteiger partial charge in [0.15, 0.2) is 0 Å². The lowest BCUT2D eigenvalue weighted by Crippen LogP contribution is -2.40. The lowest BCUT2D eigenvalue weighted by molar-refractivity contribution is -0.142. The molecule has 2 N–H and O–H groups in total. The number of carbonyl (C=O) groups is 2. The van der Waals surface area contributed by atoms with Gasteiger partial charge < -0.3 is 15.2 Å². The van der Waals surface area contributed by atoms with E-state index in [1.165, 1.54) is 0 Å². The molecule has 1 aromatic rings. The number of nitrogens with one attached hydrogen (secondary N) is 1. The van der Waals surface area contributed by atoms with Crippen LogP contribution in [0.5, 0.6) is 5.75 Å². The maximum Gasteiger partial charge on any atom is 0.308 e. The van der Waals surface area contributed by atoms with E-state index in [9.17, 15) is 9.59 Å². The van der Waals surface area contributed by atoms with Crippen molar-refractivity contribution in [2.24, 2.45) is 5.92 Å². The Morgan fingerprint density at radius 1 is 1.24 bits per heavy atom. The largest absolute Gasteiger partial charge is 0.493 e. The Hall–Kier alpha value is -2.04. The number of ether oxygens (including phenoxy) is 1. The van der Waals surface area contributed by atoms with Crippen LogP contribution in [-0.4, -0.2) is 29.6 Å². The first-order chi connectivity index (χ1) is 9.82. The first kappa shape index (κ1) is 17.0. The Kier molecular flexibility index (Phi) is 6.21. The first-order valence-corrected chi connectivity index (χ1v) is 7.04. The summed E-state index contributed by atoms with van der Waals surface area (Å²) in [7, 11) is 0. The molecule has 0 bridgehead atoms. The van der Waals surface area contributed by atoms with Crippen molar-refractivity contribution in [2.75, 3.05) is 6.61 Å². The number of aryl methyl sites for hydroxylation is 2. The van der Waals surface area contributed by atoms with Crippen LogP contribution in [0.15, 0.2) is 18.2 Å². The Morgan fingerprint density at radius 3 is 2.33 bits per heavy atom. The molecule has 0 aliphatic rings. The average Bonchev–Trinajstić information content (AvgIpc) is 2.41. The fourth-order valence-corrected chi connectivity index (χ4v) is 1.94. The number of rotatable bonds is 7. The highest BCUT2D eigenvalue weighted by Crippen LogP contribution is 2.22. The van der Waals surface area contributed by atoms with Crippen LogP contribution >= 0.6 is 0 Å². The van der Waals surface area contributed by atoms with Gasteiger partial charge in [-0.3, -0.25) is 9.59 Å². The van der Waals surface area contributed by atoms with Crippen molar-refractivity contribution >= 4 is 11.9 Å². The van der Waals surface area contributed by atoms with Crippen molar-refractivity contribution in [3.63, 3.8) is 0 Å². The molecular weight excluding hydrogens is 270 g/mol. The van der Waals surface area contributed by atoms with E-state index in [0.717, 1.165) is 16.9 Å². The highest BCUT2D eigenvalue weighted by atomic mass is 16.5. The van der Waals surface area contributed by atoms with Crippen molar-refractivity contribution in [3.8, 4) is 5.75 Å². The van der Waals surface area contributed by atoms with Gasteiger partial charge in [-0.15, -0.1) is 0 Å². The van der Waals surface area contributed by atoms with Crippen LogP contribution in [0.4, 0.5) is 0 Å². The molecule has 0 fully saturated rings. The van der Waals surface area contributed by atoms with E-state index in [0.29, 0.717) is 0 Å². The summed E-state index contributed by atoms with van der Waals surface area (Å²) in [4.78, 5) is 22.6. The quantitative estimate of drug-likeness (QED) is 0.809. The number of carboxylic acid groups (broad SMARTS) is 1. The number of carboxylic acids is 1. The third kappa shape index (κ3) is 5.10. The van der Waals surface area contributed by atoms with E-state index in [2.05, 4.69) is 5.32 Å². The van der Waals surface area contributed by atoms with Crippen LogP contribution in [0.3, 0.4) is 0 Å². The summed E-state index contributed by atoms with van der Waals surface area (Å²) >= 11 is 0. The van der Waals surface area contributed by atoms with Gasteiger partial charge >= 0.3 is 5.97 Å². The van der Waals surface area contributed by atoms with Gasteiger partial charge in [0.05, 0.1) is 18.9 Å². The molecule has 2 unspecified atom stereocenters. The maximum absolute atomic E-state index is 11.8. The summed E-state index contributed by atoms with van der Waals surface area (Å²) in [5.74, 6) is -0.942. The third-order valence-electron chi connectivity index (χ3n) is 3.51. The lowest BCUT2D eigenvalue weighted by atomic mass is 10.0. The second-order valence-corrected chi connectivity index (χ2v) is 5.30. The van der Waals surface area contributed by atoms with E-state index < -0.39 is 17.9 Å². The molecule has 1 rings (SSSR count). The minimum Gasteiger partial charge on any atom is -0.493 e. The number of carbonyl (C=O) groups excluding carboxylic acids is 1. The molecule has 0 saturated heterocycles. The SMILES string of the molecule is Cc1cccc(C)c1OCCC(=O)NC(C)C(C)C(=O)O. The molecule has 0 saturated carbocycles. The number of para-hydroxylation sites is 1. The zero-order valence-electron chi connectivity index (χ0n) is 13.0. The van der Waals surface area contributed by atoms with Gasteiger partial charge in [-0.2, -0.15) is 0 Å². The highest BCUT2D eigenvalue weighted by Gasteiger charge is 2.20. The molecule has 0 heterocycles. The van der Waals surface area contributed by atoms with Crippen molar-refractivity contribution < 1.29 is 19.4 Å². The predicted molar refractivity (Wildman–Crippen MR) is 80.4 cm³/mol. The molecule has 21 heavy (non-hydrogen) atoms. The summed E-state index contributed by atoms with van der Waals surface area (Å²) in [6, 6.07) is 5.47. The van der Waals surface area contributed by atoms with Crippen molar-refractivity contribution in [3.05, 3.63) is 29.3 Å². The molecule has 0 aliphatic heterocycles. The first-order valence-electron chi connectivity index (χ1n) is 7.04. The van der Waals surface area contributed by atoms with Crippen LogP contribution in [0.2, 0.25) is 0 Å². The fraction of sp³-hybridized carbons (Fsp3) is 0.500. The molecule has 0 radical (unpaired) electrons. The lowest BCUT2D eigenvalue weighted by Gasteiger charge is -2.18. The minimum absolute atomic E-state index is 0.199. The van der Waals surface area contributed by atoms with Crippen molar-refractivity contribution in [2.45, 2.75) is 40.2 Å². The molecule has 5 heteroatoms. The van der Waals surface area contributed by atoms with E-state index >= 15 is 0 Å². The number of hydrogen-bond acceptors (Lipinski definition) is 3. The summed E-state index contributed by atoms with van der Waals surface area (Å²) < 4.78 is 5.65. The van der Waals surface area contributed by atoms with E-state index in [4.69, 9.17) is 9.84 Å². The zero-order valence-corrected chi connectivity index (χ0v) is 13.0. The zero-order chi connectivity index (χ0) is 16.0. The van der Waals surface area contributed by atoms with E-state index in [1.807, 2.05) is 32.0 Å². The summed E-state index contributed by atoms with van der Waals surface area (Å²) in [6.45, 7) is 7.44. The van der Waals surface area contributed by atoms with Gasteiger partial charge in [-0.25, -0.2) is 0 Å². The predicted octanol–water partition coefficient (Wildman–Crippen LogP) is 2.30. The Labute approximate surface area is 125 Å². The van der Waals surface area contributed by atoms with Gasteiger partial charge in [0.1, 0.15) is 5.75 Å². The number of amides is 1. The number of benzene rings is 1. The summed E-state index contributed by atoms with van der Waals surface area (Å²) in [5, 5.41) is 11.6. The monoisotopic (exact) mass is 293 g/mol. The van der Waals surface area contributed by atoms with Gasteiger partial charge in [-0.05, 0) is 38.8 Å². The van der Waals surface area contributed by atoms with E-state index in [1.54, 1.807) is 13.8 Å². The normalized spacial score (nSPS) is 13.3. The highest BCUT2D eigenvalue weighted by molar-refractivity contribution is 5.78. The molecule has 2 atom stereocenters. The third-order valence-corrected chi connectivity index (χ3v) is 3.51. The Morgan fingerprint density at radius 2 is 1.81 bits per heavy atom. The molecule has 0 aromatic heterocycles. The standard InChI is InChI=1S/C16H23NO4/c1-10-6-5-7-11(2)15(10)21-9-8-14(18)17-13(4)12(3)16(19)20/h5-7,12-13H,8-9H2,1-4H3,(H,17,18)(H,19,20). The van der Waals surface area contributed by atoms with Crippen molar-refractivity contribution in [1.82, 2.24) is 5.32 Å². The van der Waals surface area contributed by atoms with Crippen LogP contribution in [0.1, 0.15) is 31.4 Å². The maximum atomic E-state index is 11.8. The molecular formula is C16H23NO4. The number of hydrogen-bond donors (Lipinski definition) is 2.